The van der Waals surface area contributed by atoms with Crippen molar-refractivity contribution in [3.63, 3.8) is 0 Å². The van der Waals surface area contributed by atoms with Crippen LogP contribution in [0.2, 0.25) is 0 Å². The monoisotopic (exact) mass is 232 g/mol. The molecule has 3 heteroatoms. The molecular weight excluding hydrogens is 212 g/mol. The van der Waals surface area contributed by atoms with Crippen molar-refractivity contribution in [1.29, 1.82) is 0 Å². The lowest BCUT2D eigenvalue weighted by Crippen LogP contribution is -2.54. The first kappa shape index (κ1) is 12.0. The van der Waals surface area contributed by atoms with Crippen molar-refractivity contribution >= 4 is 11.6 Å². The molecule has 1 N–H and O–H groups in total. The zero-order valence-corrected chi connectivity index (χ0v) is 10.9. The van der Waals surface area contributed by atoms with E-state index in [0.717, 1.165) is 11.3 Å². The predicted molar refractivity (Wildman–Crippen MR) is 70.0 cm³/mol. The topological polar surface area (TPSA) is 32.3 Å². The molecule has 2 rings (SSSR count). The van der Waals surface area contributed by atoms with Crippen molar-refractivity contribution in [2.75, 3.05) is 5.32 Å². The molecule has 1 aliphatic rings. The Morgan fingerprint density at radius 2 is 1.82 bits per heavy atom. The molecular formula is C14H20N2O. The summed E-state index contributed by atoms with van der Waals surface area (Å²) in [4.78, 5) is 14.4. The quantitative estimate of drug-likeness (QED) is 0.850. The molecule has 0 spiro atoms. The van der Waals surface area contributed by atoms with Gasteiger partial charge in [0.15, 0.2) is 0 Å². The number of hydrogen-bond donors (Lipinski definition) is 1. The maximum Gasteiger partial charge on any atom is 0.257 e. The lowest BCUT2D eigenvalue weighted by molar-refractivity contribution is 0.0564. The Labute approximate surface area is 103 Å². The smallest absolute Gasteiger partial charge is 0.257 e. The van der Waals surface area contributed by atoms with Gasteiger partial charge in [-0.15, -0.1) is 0 Å². The number of hydrogen-bond acceptors (Lipinski definition) is 2. The van der Waals surface area contributed by atoms with E-state index >= 15 is 0 Å². The number of rotatable bonds is 2. The number of carbonyl (C=O) groups is 1. The van der Waals surface area contributed by atoms with Crippen LogP contribution < -0.4 is 5.32 Å². The first-order chi connectivity index (χ1) is 8.02. The molecule has 0 aliphatic carbocycles. The van der Waals surface area contributed by atoms with Gasteiger partial charge in [-0.1, -0.05) is 26.0 Å². The van der Waals surface area contributed by atoms with Gasteiger partial charge in [-0.05, 0) is 31.9 Å². The van der Waals surface area contributed by atoms with Gasteiger partial charge in [0.05, 0.1) is 5.56 Å². The van der Waals surface area contributed by atoms with Crippen molar-refractivity contribution in [2.45, 2.75) is 39.9 Å². The third-order valence-electron chi connectivity index (χ3n) is 3.18. The number of amides is 1. The highest BCUT2D eigenvalue weighted by Gasteiger charge is 2.34. The molecule has 1 amide bonds. The number of benzene rings is 1. The van der Waals surface area contributed by atoms with Gasteiger partial charge in [-0.25, -0.2) is 0 Å². The summed E-state index contributed by atoms with van der Waals surface area (Å²) in [5.41, 5.74) is 1.73. The van der Waals surface area contributed by atoms with Gasteiger partial charge < -0.3 is 10.2 Å². The minimum Gasteiger partial charge on any atom is -0.364 e. The molecule has 1 heterocycles. The molecule has 1 aromatic carbocycles. The predicted octanol–water partition coefficient (Wildman–Crippen LogP) is 2.94. The average molecular weight is 232 g/mol. The average Bonchev–Trinajstić information content (AvgIpc) is 2.28. The summed E-state index contributed by atoms with van der Waals surface area (Å²) in [6.45, 7) is 8.38. The fourth-order valence-electron chi connectivity index (χ4n) is 2.33. The van der Waals surface area contributed by atoms with Gasteiger partial charge >= 0.3 is 0 Å². The van der Waals surface area contributed by atoms with Crippen LogP contribution in [-0.2, 0) is 0 Å². The highest BCUT2D eigenvalue weighted by Crippen LogP contribution is 2.29. The van der Waals surface area contributed by atoms with E-state index in [4.69, 9.17) is 0 Å². The summed E-state index contributed by atoms with van der Waals surface area (Å²) >= 11 is 0. The SMILES string of the molecule is CC(C)C1Nc2ccccc2C(=O)N1C(C)C. The van der Waals surface area contributed by atoms with E-state index in [0.29, 0.717) is 5.92 Å². The maximum atomic E-state index is 12.5. The van der Waals surface area contributed by atoms with Crippen molar-refractivity contribution in [3.05, 3.63) is 29.8 Å². The number of carbonyl (C=O) groups excluding carboxylic acids is 1. The van der Waals surface area contributed by atoms with E-state index in [1.807, 2.05) is 29.2 Å². The van der Waals surface area contributed by atoms with E-state index in [1.165, 1.54) is 0 Å². The van der Waals surface area contributed by atoms with Gasteiger partial charge in [0.25, 0.3) is 5.91 Å². The molecule has 1 unspecified atom stereocenters. The molecule has 1 atom stereocenters. The Kier molecular flexibility index (Phi) is 3.09. The van der Waals surface area contributed by atoms with E-state index in [2.05, 4.69) is 33.0 Å². The van der Waals surface area contributed by atoms with Crippen LogP contribution in [-0.4, -0.2) is 23.0 Å². The highest BCUT2D eigenvalue weighted by molar-refractivity contribution is 6.01. The summed E-state index contributed by atoms with van der Waals surface area (Å²) < 4.78 is 0. The molecule has 0 saturated heterocycles. The zero-order valence-electron chi connectivity index (χ0n) is 10.9. The van der Waals surface area contributed by atoms with Crippen molar-refractivity contribution in [3.8, 4) is 0 Å². The van der Waals surface area contributed by atoms with Crippen LogP contribution in [0.15, 0.2) is 24.3 Å². The van der Waals surface area contributed by atoms with E-state index in [1.54, 1.807) is 0 Å². The third kappa shape index (κ3) is 2.02. The Morgan fingerprint density at radius 1 is 1.18 bits per heavy atom. The van der Waals surface area contributed by atoms with Crippen LogP contribution in [0.4, 0.5) is 5.69 Å². The van der Waals surface area contributed by atoms with Crippen molar-refractivity contribution < 1.29 is 4.79 Å². The first-order valence-corrected chi connectivity index (χ1v) is 6.20. The van der Waals surface area contributed by atoms with Gasteiger partial charge in [0, 0.05) is 11.7 Å². The third-order valence-corrected chi connectivity index (χ3v) is 3.18. The summed E-state index contributed by atoms with van der Waals surface area (Å²) in [5.74, 6) is 0.516. The van der Waals surface area contributed by atoms with Crippen LogP contribution in [0, 0.1) is 5.92 Å². The second-order valence-corrected chi connectivity index (χ2v) is 5.18. The van der Waals surface area contributed by atoms with Gasteiger partial charge in [0.2, 0.25) is 0 Å². The van der Waals surface area contributed by atoms with Crippen LogP contribution in [0.5, 0.6) is 0 Å². The maximum absolute atomic E-state index is 12.5. The molecule has 0 fully saturated rings. The lowest BCUT2D eigenvalue weighted by Gasteiger charge is -2.42. The number of anilines is 1. The summed E-state index contributed by atoms with van der Waals surface area (Å²) in [6, 6.07) is 7.93. The highest BCUT2D eigenvalue weighted by atomic mass is 16.2. The summed E-state index contributed by atoms with van der Waals surface area (Å²) in [5, 5.41) is 3.46. The second kappa shape index (κ2) is 4.40. The fraction of sp³-hybridized carbons (Fsp3) is 0.500. The molecule has 92 valence electrons. The molecule has 0 radical (unpaired) electrons. The summed E-state index contributed by atoms with van der Waals surface area (Å²) in [6.07, 6.45) is 0.0809. The van der Waals surface area contributed by atoms with Crippen LogP contribution in [0.3, 0.4) is 0 Å². The van der Waals surface area contributed by atoms with Crippen LogP contribution >= 0.6 is 0 Å². The number of nitrogens with zero attached hydrogens (tertiary/aromatic N) is 1. The van der Waals surface area contributed by atoms with E-state index in [-0.39, 0.29) is 18.1 Å². The minimum atomic E-state index is 0.0809. The Hall–Kier alpha value is -1.51. The molecule has 0 aromatic heterocycles. The first-order valence-electron chi connectivity index (χ1n) is 6.20. The Balaban J connectivity index is 2.44. The number of nitrogens with one attached hydrogen (secondary N) is 1. The lowest BCUT2D eigenvalue weighted by atomic mass is 10.0. The minimum absolute atomic E-state index is 0.0809. The molecule has 0 bridgehead atoms. The van der Waals surface area contributed by atoms with Crippen LogP contribution in [0.25, 0.3) is 0 Å². The molecule has 1 aromatic rings. The number of para-hydroxylation sites is 1. The standard InChI is InChI=1S/C14H20N2O/c1-9(2)13-15-12-8-6-5-7-11(12)14(17)16(13)10(3)4/h5-10,13,15H,1-4H3. The fourth-order valence-corrected chi connectivity index (χ4v) is 2.33. The van der Waals surface area contributed by atoms with Crippen molar-refractivity contribution in [1.82, 2.24) is 4.90 Å². The van der Waals surface area contributed by atoms with Crippen LogP contribution in [0.1, 0.15) is 38.1 Å². The Bertz CT molecular complexity index is 426. The summed E-state index contributed by atoms with van der Waals surface area (Å²) in [7, 11) is 0. The van der Waals surface area contributed by atoms with E-state index < -0.39 is 0 Å². The Morgan fingerprint density at radius 3 is 2.41 bits per heavy atom. The second-order valence-electron chi connectivity index (χ2n) is 5.18. The molecule has 3 nitrogen and oxygen atoms in total. The number of fused-ring (bicyclic) bond motifs is 1. The van der Waals surface area contributed by atoms with E-state index in [9.17, 15) is 4.79 Å². The molecule has 17 heavy (non-hydrogen) atoms. The zero-order chi connectivity index (χ0) is 12.6. The molecule has 1 aliphatic heterocycles. The largest absolute Gasteiger partial charge is 0.364 e. The van der Waals surface area contributed by atoms with Gasteiger partial charge in [-0.2, -0.15) is 0 Å². The van der Waals surface area contributed by atoms with Crippen molar-refractivity contribution in [2.24, 2.45) is 5.92 Å². The van der Waals surface area contributed by atoms with Gasteiger partial charge in [-0.3, -0.25) is 4.79 Å². The normalized spacial score (nSPS) is 19.5. The van der Waals surface area contributed by atoms with Gasteiger partial charge in [0.1, 0.15) is 6.17 Å². The molecule has 0 saturated carbocycles.